The number of aldehydes is 1. The van der Waals surface area contributed by atoms with Gasteiger partial charge in [-0.1, -0.05) is 0 Å². The van der Waals surface area contributed by atoms with Crippen LogP contribution in [0.2, 0.25) is 0 Å². The van der Waals surface area contributed by atoms with E-state index >= 15 is 0 Å². The Morgan fingerprint density at radius 1 is 1.60 bits per heavy atom. The molecule has 0 aromatic rings. The molecule has 0 fully saturated rings. The van der Waals surface area contributed by atoms with Gasteiger partial charge in [0.2, 0.25) is 0 Å². The number of hydrogen-bond donors (Lipinski definition) is 0. The molecule has 0 unspecified atom stereocenters. The fourth-order valence-corrected chi connectivity index (χ4v) is 0.215. The summed E-state index contributed by atoms with van der Waals surface area (Å²) in [6.45, 7) is 0. The van der Waals surface area contributed by atoms with Gasteiger partial charge in [-0.25, -0.2) is 0 Å². The van der Waals surface area contributed by atoms with Crippen LogP contribution in [0.5, 0.6) is 0 Å². The molecular weight excluding hydrogens is 180 g/mol. The fourth-order valence-electron chi connectivity index (χ4n) is 0.0321. The molecule has 0 aromatic carbocycles. The van der Waals surface area contributed by atoms with Crippen LogP contribution < -0.4 is 0 Å². The van der Waals surface area contributed by atoms with Crippen LogP contribution in [0.25, 0.3) is 0 Å². The number of hydrogen-bond acceptors (Lipinski definition) is 1. The molecule has 0 N–H and O–H groups in total. The molecule has 0 aliphatic rings. The summed E-state index contributed by atoms with van der Waals surface area (Å²) >= 11 is 1.74. The van der Waals surface area contributed by atoms with Crippen molar-refractivity contribution in [1.82, 2.24) is 0 Å². The van der Waals surface area contributed by atoms with E-state index in [1.54, 1.807) is 26.4 Å². The predicted octanol–water partition coefficient (Wildman–Crippen LogP) is -0.133. The summed E-state index contributed by atoms with van der Waals surface area (Å²) < 4.78 is 1.70. The molecule has 0 rings (SSSR count). The van der Waals surface area contributed by atoms with Gasteiger partial charge in [-0.3, -0.25) is 0 Å². The van der Waals surface area contributed by atoms with E-state index in [9.17, 15) is 4.79 Å². The molecular formula is C3H3OTe. The Morgan fingerprint density at radius 2 is 2.20 bits per heavy atom. The first-order chi connectivity index (χ1) is 2.41. The minimum absolute atomic E-state index is 0.752. The van der Waals surface area contributed by atoms with Crippen molar-refractivity contribution >= 4 is 28.6 Å². The maximum atomic E-state index is 9.32. The molecule has 1 radical (unpaired) electrons. The number of carbonyl (C=O) groups is 1. The Morgan fingerprint density at radius 3 is 2.20 bits per heavy atom. The van der Waals surface area contributed by atoms with Crippen LogP contribution in [-0.2, 0) is 4.79 Å². The third kappa shape index (κ3) is 4.20. The average molecular weight is 183 g/mol. The molecule has 0 spiro atoms. The Kier molecular flexibility index (Phi) is 4.37. The quantitative estimate of drug-likeness (QED) is 0.314. The van der Waals surface area contributed by atoms with Crippen molar-refractivity contribution in [3.63, 3.8) is 0 Å². The molecule has 0 amide bonds. The van der Waals surface area contributed by atoms with Crippen LogP contribution in [0.4, 0.5) is 0 Å². The van der Waals surface area contributed by atoms with Gasteiger partial charge in [0.25, 0.3) is 0 Å². The second-order valence-corrected chi connectivity index (χ2v) is 1.24. The summed E-state index contributed by atoms with van der Waals surface area (Å²) in [6, 6.07) is 0. The van der Waals surface area contributed by atoms with Crippen LogP contribution in [-0.4, -0.2) is 28.6 Å². The molecule has 0 atom stereocenters. The molecule has 0 saturated carbocycles. The Bertz CT molecular complexity index is 48.9. The molecule has 0 heterocycles. The number of allylic oxidation sites excluding steroid dienone is 1. The third-order valence-corrected chi connectivity index (χ3v) is 0.606. The Hall–Kier alpha value is 0.200. The van der Waals surface area contributed by atoms with E-state index in [0.29, 0.717) is 0 Å². The summed E-state index contributed by atoms with van der Waals surface area (Å²) in [5, 5.41) is 0. The predicted molar refractivity (Wildman–Crippen MR) is 21.0 cm³/mol. The zero-order chi connectivity index (χ0) is 4.12. The zero-order valence-corrected chi connectivity index (χ0v) is 4.88. The molecule has 5 heavy (non-hydrogen) atoms. The second kappa shape index (κ2) is 4.20. The molecule has 0 aromatic heterocycles. The van der Waals surface area contributed by atoms with Crippen LogP contribution >= 0.6 is 0 Å². The standard InChI is InChI=1S/C3H3OTe/c4-2-1-3-5/h1-3H/b3-1-. The molecule has 27 valence electrons. The van der Waals surface area contributed by atoms with E-state index in [1.807, 2.05) is 0 Å². The van der Waals surface area contributed by atoms with E-state index in [4.69, 9.17) is 0 Å². The molecule has 2 heteroatoms. The van der Waals surface area contributed by atoms with Crippen molar-refractivity contribution in [3.8, 4) is 0 Å². The van der Waals surface area contributed by atoms with Gasteiger partial charge in [-0.15, -0.1) is 0 Å². The van der Waals surface area contributed by atoms with Crippen molar-refractivity contribution in [2.24, 2.45) is 0 Å². The van der Waals surface area contributed by atoms with Gasteiger partial charge in [-0.2, -0.15) is 0 Å². The van der Waals surface area contributed by atoms with Crippen molar-refractivity contribution in [1.29, 1.82) is 0 Å². The summed E-state index contributed by atoms with van der Waals surface area (Å²) in [4.78, 5) is 9.32. The van der Waals surface area contributed by atoms with E-state index in [-0.39, 0.29) is 0 Å². The van der Waals surface area contributed by atoms with Gasteiger partial charge in [0.1, 0.15) is 0 Å². The van der Waals surface area contributed by atoms with E-state index in [0.717, 1.165) is 6.29 Å². The van der Waals surface area contributed by atoms with E-state index < -0.39 is 0 Å². The first-order valence-electron chi connectivity index (χ1n) is 1.14. The van der Waals surface area contributed by atoms with Crippen molar-refractivity contribution in [2.75, 3.05) is 0 Å². The topological polar surface area (TPSA) is 17.1 Å². The first kappa shape index (κ1) is 5.20. The fraction of sp³-hybridized carbons (Fsp3) is 0. The maximum absolute atomic E-state index is 9.32. The SMILES string of the molecule is O=C/C=C\[Te]. The average Bonchev–Trinajstić information content (AvgIpc) is 1.41. The van der Waals surface area contributed by atoms with Crippen molar-refractivity contribution in [2.45, 2.75) is 0 Å². The molecule has 0 bridgehead atoms. The van der Waals surface area contributed by atoms with Gasteiger partial charge in [0.05, 0.1) is 0 Å². The van der Waals surface area contributed by atoms with Crippen LogP contribution in [0.15, 0.2) is 10.2 Å². The third-order valence-electron chi connectivity index (χ3n) is 0.157. The first-order valence-corrected chi connectivity index (χ1v) is 2.48. The van der Waals surface area contributed by atoms with E-state index in [2.05, 4.69) is 0 Å². The van der Waals surface area contributed by atoms with Gasteiger partial charge >= 0.3 is 43.6 Å². The summed E-state index contributed by atoms with van der Waals surface area (Å²) in [7, 11) is 0. The van der Waals surface area contributed by atoms with Gasteiger partial charge in [0.15, 0.2) is 0 Å². The number of carbonyl (C=O) groups excluding carboxylic acids is 1. The Balaban J connectivity index is 2.92. The summed E-state index contributed by atoms with van der Waals surface area (Å²) in [6.07, 6.45) is 2.20. The zero-order valence-electron chi connectivity index (χ0n) is 2.55. The second-order valence-electron chi connectivity index (χ2n) is 0.465. The Labute approximate surface area is 44.0 Å². The molecule has 1 nitrogen and oxygen atoms in total. The summed E-state index contributed by atoms with van der Waals surface area (Å²) in [5.74, 6) is 0. The van der Waals surface area contributed by atoms with Gasteiger partial charge in [0, 0.05) is 0 Å². The normalized spacial score (nSPS) is 8.80. The minimum atomic E-state index is 0.752. The van der Waals surface area contributed by atoms with Gasteiger partial charge < -0.3 is 0 Å². The van der Waals surface area contributed by atoms with Crippen molar-refractivity contribution < 1.29 is 4.79 Å². The monoisotopic (exact) mass is 185 g/mol. The van der Waals surface area contributed by atoms with Crippen LogP contribution in [0.1, 0.15) is 0 Å². The summed E-state index contributed by atoms with van der Waals surface area (Å²) in [5.41, 5.74) is 0. The van der Waals surface area contributed by atoms with Crippen molar-refractivity contribution in [3.05, 3.63) is 10.2 Å². The van der Waals surface area contributed by atoms with E-state index in [1.165, 1.54) is 6.08 Å². The molecule has 0 aliphatic carbocycles. The molecule has 0 saturated heterocycles. The van der Waals surface area contributed by atoms with Crippen LogP contribution in [0, 0.1) is 0 Å². The van der Waals surface area contributed by atoms with Crippen LogP contribution in [0.3, 0.4) is 0 Å². The van der Waals surface area contributed by atoms with Gasteiger partial charge in [-0.05, 0) is 0 Å². The number of rotatable bonds is 1. The molecule has 0 aliphatic heterocycles.